The molecule has 2 aromatic carbocycles. The van der Waals surface area contributed by atoms with Gasteiger partial charge in [0.1, 0.15) is 12.1 Å². The molecule has 5 atom stereocenters. The summed E-state index contributed by atoms with van der Waals surface area (Å²) in [6, 6.07) is 18.0. The highest BCUT2D eigenvalue weighted by molar-refractivity contribution is 5.94. The zero-order valence-electron chi connectivity index (χ0n) is 24.3. The number of nitrogens with zero attached hydrogens (tertiary/aromatic N) is 2. The monoisotopic (exact) mass is 547 g/mol. The van der Waals surface area contributed by atoms with Gasteiger partial charge in [-0.1, -0.05) is 67.6 Å². The molecule has 0 spiro atoms. The summed E-state index contributed by atoms with van der Waals surface area (Å²) in [6.07, 6.45) is 4.53. The van der Waals surface area contributed by atoms with Crippen molar-refractivity contribution in [2.75, 3.05) is 27.7 Å². The Labute approximate surface area is 238 Å². The highest BCUT2D eigenvalue weighted by atomic mass is 16.2. The van der Waals surface area contributed by atoms with E-state index in [-0.39, 0.29) is 41.8 Å². The van der Waals surface area contributed by atoms with Crippen LogP contribution >= 0.6 is 0 Å². The number of amides is 3. The lowest BCUT2D eigenvalue weighted by Crippen LogP contribution is -2.58. The van der Waals surface area contributed by atoms with Gasteiger partial charge in [-0.05, 0) is 83.3 Å². The van der Waals surface area contributed by atoms with Crippen LogP contribution in [0.4, 0.5) is 0 Å². The molecule has 0 aromatic heterocycles. The number of benzene rings is 2. The first-order valence-electron chi connectivity index (χ1n) is 14.7. The van der Waals surface area contributed by atoms with Gasteiger partial charge in [0.2, 0.25) is 17.7 Å². The number of rotatable bonds is 11. The van der Waals surface area contributed by atoms with Gasteiger partial charge < -0.3 is 25.8 Å². The van der Waals surface area contributed by atoms with Gasteiger partial charge in [0.05, 0.1) is 12.1 Å². The molecule has 216 valence electrons. The van der Waals surface area contributed by atoms with Crippen LogP contribution in [-0.4, -0.2) is 79.4 Å². The molecule has 4 rings (SSSR count). The summed E-state index contributed by atoms with van der Waals surface area (Å²) in [5, 5.41) is 9.43. The Morgan fingerprint density at radius 1 is 0.950 bits per heavy atom. The van der Waals surface area contributed by atoms with E-state index in [0.717, 1.165) is 43.4 Å². The molecule has 2 fully saturated rings. The first kappa shape index (κ1) is 29.7. The van der Waals surface area contributed by atoms with E-state index in [1.54, 1.807) is 7.05 Å². The fraction of sp³-hybridized carbons (Fsp3) is 0.531. The maximum absolute atomic E-state index is 14.3. The van der Waals surface area contributed by atoms with Crippen molar-refractivity contribution in [3.05, 3.63) is 71.8 Å². The lowest BCUT2D eigenvalue weighted by molar-refractivity contribution is -0.144. The van der Waals surface area contributed by atoms with Crippen LogP contribution in [0.3, 0.4) is 0 Å². The number of carbonyl (C=O) groups is 3. The lowest BCUT2D eigenvalue weighted by atomic mass is 9.90. The molecule has 0 bridgehead atoms. The smallest absolute Gasteiger partial charge is 0.246 e. The molecule has 2 aliphatic rings. The fourth-order valence-electron chi connectivity index (χ4n) is 6.27. The van der Waals surface area contributed by atoms with Crippen LogP contribution < -0.4 is 16.0 Å². The Morgan fingerprint density at radius 3 is 2.10 bits per heavy atom. The topological polar surface area (TPSA) is 93.8 Å². The highest BCUT2D eigenvalue weighted by Crippen LogP contribution is 2.36. The number of likely N-dealkylation sites (N-methyl/N-ethyl adjacent to an activating group) is 1. The van der Waals surface area contributed by atoms with Gasteiger partial charge in [-0.15, -0.1) is 0 Å². The van der Waals surface area contributed by atoms with Crippen molar-refractivity contribution >= 4 is 17.7 Å². The van der Waals surface area contributed by atoms with E-state index in [4.69, 9.17) is 0 Å². The highest BCUT2D eigenvalue weighted by Gasteiger charge is 2.47. The second-order valence-corrected chi connectivity index (χ2v) is 11.4. The molecule has 0 aliphatic carbocycles. The van der Waals surface area contributed by atoms with E-state index in [1.807, 2.05) is 86.6 Å². The van der Waals surface area contributed by atoms with E-state index in [9.17, 15) is 14.4 Å². The van der Waals surface area contributed by atoms with Crippen molar-refractivity contribution in [2.24, 2.45) is 5.92 Å². The van der Waals surface area contributed by atoms with Crippen LogP contribution in [0.1, 0.15) is 62.6 Å². The zero-order valence-corrected chi connectivity index (χ0v) is 24.3. The molecule has 8 heteroatoms. The van der Waals surface area contributed by atoms with E-state index in [1.165, 1.54) is 0 Å². The summed E-state index contributed by atoms with van der Waals surface area (Å²) < 4.78 is 0. The number of carbonyl (C=O) groups excluding carboxylic acids is 3. The van der Waals surface area contributed by atoms with Crippen LogP contribution in [-0.2, 0) is 14.4 Å². The van der Waals surface area contributed by atoms with Crippen molar-refractivity contribution < 1.29 is 14.4 Å². The molecule has 2 aliphatic heterocycles. The third kappa shape index (κ3) is 6.91. The van der Waals surface area contributed by atoms with Crippen molar-refractivity contribution in [2.45, 2.75) is 75.7 Å². The molecule has 0 radical (unpaired) electrons. The quantitative estimate of drug-likeness (QED) is 0.402. The predicted octanol–water partition coefficient (Wildman–Crippen LogP) is 3.10. The molecule has 40 heavy (non-hydrogen) atoms. The minimum absolute atomic E-state index is 0.00480. The third-order valence-electron chi connectivity index (χ3n) is 8.54. The lowest BCUT2D eigenvalue weighted by Gasteiger charge is -2.33. The predicted molar refractivity (Wildman–Crippen MR) is 157 cm³/mol. The van der Waals surface area contributed by atoms with Crippen molar-refractivity contribution in [1.29, 1.82) is 0 Å². The second-order valence-electron chi connectivity index (χ2n) is 11.4. The summed E-state index contributed by atoms with van der Waals surface area (Å²) in [4.78, 5) is 45.3. The number of hydrogen-bond acceptors (Lipinski definition) is 5. The largest absolute Gasteiger partial charge is 0.343 e. The van der Waals surface area contributed by atoms with Crippen molar-refractivity contribution in [3.63, 3.8) is 0 Å². The van der Waals surface area contributed by atoms with Crippen LogP contribution in [0.25, 0.3) is 0 Å². The minimum Gasteiger partial charge on any atom is -0.343 e. The Balaban J connectivity index is 1.59. The van der Waals surface area contributed by atoms with Gasteiger partial charge in [-0.25, -0.2) is 0 Å². The Bertz CT molecular complexity index is 1080. The summed E-state index contributed by atoms with van der Waals surface area (Å²) >= 11 is 0. The SMILES string of the molecule is CC[C@H](NC)C(=O)N[C@@H]1C(=O)N2[C@@H](CC[C@@H]1CCN(C)C)CC[C@H]2C(=O)NC(c1ccccc1)c1ccccc1. The molecule has 2 saturated heterocycles. The van der Waals surface area contributed by atoms with Gasteiger partial charge in [0, 0.05) is 6.04 Å². The van der Waals surface area contributed by atoms with Gasteiger partial charge in [-0.2, -0.15) is 0 Å². The number of hydrogen-bond donors (Lipinski definition) is 3. The third-order valence-corrected chi connectivity index (χ3v) is 8.54. The fourth-order valence-corrected chi connectivity index (χ4v) is 6.27. The molecular formula is C32H45N5O3. The van der Waals surface area contributed by atoms with Crippen LogP contribution in [0.2, 0.25) is 0 Å². The number of nitrogens with one attached hydrogen (secondary N) is 3. The van der Waals surface area contributed by atoms with Crippen molar-refractivity contribution in [1.82, 2.24) is 25.8 Å². The normalized spacial score (nSPS) is 23.6. The maximum atomic E-state index is 14.3. The van der Waals surface area contributed by atoms with E-state index in [2.05, 4.69) is 20.9 Å². The standard InChI is InChI=1S/C32H45N5O3/c1-5-26(33-2)30(38)35-29-24(20-21-36(3)4)16-17-25-18-19-27(37(25)32(29)40)31(39)34-28(22-12-8-6-9-13-22)23-14-10-7-11-15-23/h6-15,24-29,33H,5,16-21H2,1-4H3,(H,34,39)(H,35,38)/t24-,25+,26+,27+,29+/m1/s1. The second kappa shape index (κ2) is 13.9. The molecule has 3 amide bonds. The van der Waals surface area contributed by atoms with Gasteiger partial charge in [0.15, 0.2) is 0 Å². The van der Waals surface area contributed by atoms with Crippen LogP contribution in [0.15, 0.2) is 60.7 Å². The summed E-state index contributed by atoms with van der Waals surface area (Å²) in [5.74, 6) is -0.416. The molecule has 3 N–H and O–H groups in total. The zero-order chi connectivity index (χ0) is 28.6. The summed E-state index contributed by atoms with van der Waals surface area (Å²) in [7, 11) is 5.81. The van der Waals surface area contributed by atoms with Crippen LogP contribution in [0.5, 0.6) is 0 Å². The van der Waals surface area contributed by atoms with E-state index < -0.39 is 12.1 Å². The molecular weight excluding hydrogens is 502 g/mol. The van der Waals surface area contributed by atoms with Gasteiger partial charge >= 0.3 is 0 Å². The van der Waals surface area contributed by atoms with Gasteiger partial charge in [0.25, 0.3) is 0 Å². The Morgan fingerprint density at radius 2 is 1.55 bits per heavy atom. The minimum atomic E-state index is -0.646. The van der Waals surface area contributed by atoms with Gasteiger partial charge in [-0.3, -0.25) is 14.4 Å². The molecule has 8 nitrogen and oxygen atoms in total. The molecule has 2 aromatic rings. The van der Waals surface area contributed by atoms with E-state index in [0.29, 0.717) is 12.8 Å². The number of fused-ring (bicyclic) bond motifs is 1. The Kier molecular flexibility index (Phi) is 10.3. The first-order valence-corrected chi connectivity index (χ1v) is 14.7. The van der Waals surface area contributed by atoms with Crippen LogP contribution in [0, 0.1) is 5.92 Å². The van der Waals surface area contributed by atoms with Crippen molar-refractivity contribution in [3.8, 4) is 0 Å². The average molecular weight is 548 g/mol. The summed E-state index contributed by atoms with van der Waals surface area (Å²) in [5.41, 5.74) is 1.98. The Hall–Kier alpha value is -3.23. The van der Waals surface area contributed by atoms with E-state index >= 15 is 0 Å². The maximum Gasteiger partial charge on any atom is 0.246 e. The first-order chi connectivity index (χ1) is 19.3. The molecule has 0 unspecified atom stereocenters. The average Bonchev–Trinajstić information content (AvgIpc) is 3.35. The molecule has 2 heterocycles. The molecule has 0 saturated carbocycles. The summed E-state index contributed by atoms with van der Waals surface area (Å²) in [6.45, 7) is 2.78.